The van der Waals surface area contributed by atoms with Crippen LogP contribution < -0.4 is 14.8 Å². The van der Waals surface area contributed by atoms with Gasteiger partial charge in [0.1, 0.15) is 19.0 Å². The Morgan fingerprint density at radius 1 is 1.11 bits per heavy atom. The number of nitrogens with zero attached hydrogens (tertiary/aromatic N) is 2. The lowest BCUT2D eigenvalue weighted by Gasteiger charge is -2.18. The number of benzene rings is 2. The molecule has 0 spiro atoms. The Morgan fingerprint density at radius 3 is 2.78 bits per heavy atom. The molecule has 0 saturated carbocycles. The molecule has 0 fully saturated rings. The van der Waals surface area contributed by atoms with Gasteiger partial charge in [0.05, 0.1) is 11.3 Å². The first-order chi connectivity index (χ1) is 13.2. The van der Waals surface area contributed by atoms with Gasteiger partial charge in [0.15, 0.2) is 22.4 Å². The van der Waals surface area contributed by atoms with E-state index in [4.69, 9.17) is 9.47 Å². The Bertz CT molecular complexity index is 993. The molecule has 1 aliphatic heterocycles. The van der Waals surface area contributed by atoms with Crippen molar-refractivity contribution in [2.45, 2.75) is 12.1 Å². The predicted molar refractivity (Wildman–Crippen MR) is 106 cm³/mol. The van der Waals surface area contributed by atoms with Crippen molar-refractivity contribution >= 4 is 34.3 Å². The molecule has 6 nitrogen and oxygen atoms in total. The van der Waals surface area contributed by atoms with Crippen LogP contribution in [-0.4, -0.2) is 41.3 Å². The summed E-state index contributed by atoms with van der Waals surface area (Å²) in [6.07, 6.45) is 0. The number of hydrogen-bond acceptors (Lipinski definition) is 7. The van der Waals surface area contributed by atoms with E-state index in [-0.39, 0.29) is 11.5 Å². The third kappa shape index (κ3) is 3.83. The zero-order valence-electron chi connectivity index (χ0n) is 14.9. The fourth-order valence-corrected chi connectivity index (χ4v) is 3.60. The van der Waals surface area contributed by atoms with Gasteiger partial charge >= 0.3 is 0 Å². The molecule has 1 aromatic heterocycles. The van der Waals surface area contributed by atoms with Gasteiger partial charge in [0.25, 0.3) is 0 Å². The molecule has 4 rings (SSSR count). The number of ether oxygens (including phenoxy) is 2. The number of hydrogen-bond donors (Lipinski definition) is 1. The molecule has 2 heterocycles. The summed E-state index contributed by atoms with van der Waals surface area (Å²) in [5.41, 5.74) is 1.46. The van der Waals surface area contributed by atoms with E-state index in [0.29, 0.717) is 35.4 Å². The average molecular weight is 381 g/mol. The summed E-state index contributed by atoms with van der Waals surface area (Å²) in [5.74, 6) is 2.34. The Morgan fingerprint density at radius 2 is 1.93 bits per heavy atom. The van der Waals surface area contributed by atoms with E-state index in [1.165, 1.54) is 11.8 Å². The molecule has 0 unspecified atom stereocenters. The van der Waals surface area contributed by atoms with E-state index in [1.54, 1.807) is 18.2 Å². The summed E-state index contributed by atoms with van der Waals surface area (Å²) < 4.78 is 11.0. The largest absolute Gasteiger partial charge is 0.486 e. The van der Waals surface area contributed by atoms with Gasteiger partial charge in [-0.3, -0.25) is 4.79 Å². The monoisotopic (exact) mass is 381 g/mol. The van der Waals surface area contributed by atoms with Crippen molar-refractivity contribution in [3.8, 4) is 11.5 Å². The number of carbonyl (C=O) groups is 1. The molecule has 2 aromatic carbocycles. The maximum atomic E-state index is 12.6. The van der Waals surface area contributed by atoms with Crippen molar-refractivity contribution < 1.29 is 14.3 Å². The molecule has 1 N–H and O–H groups in total. The number of fused-ring (bicyclic) bond motifs is 2. The molecule has 138 valence electrons. The Labute approximate surface area is 161 Å². The van der Waals surface area contributed by atoms with E-state index in [1.807, 2.05) is 31.2 Å². The molecule has 1 aliphatic rings. The second kappa shape index (κ2) is 7.84. The molecule has 0 aliphatic carbocycles. The molecular formula is C20H19N3O3S. The minimum atomic E-state index is -0.00117. The van der Waals surface area contributed by atoms with E-state index < -0.39 is 0 Å². The molecule has 3 aromatic rings. The maximum absolute atomic E-state index is 12.6. The van der Waals surface area contributed by atoms with Crippen molar-refractivity contribution in [1.29, 1.82) is 0 Å². The van der Waals surface area contributed by atoms with Gasteiger partial charge in [-0.15, -0.1) is 0 Å². The number of ketones is 1. The SMILES string of the molecule is CCNc1nc(SCC(=O)c2ccc3c(c2)OCCO3)nc2ccccc12. The Balaban J connectivity index is 1.52. The lowest BCUT2D eigenvalue weighted by Crippen LogP contribution is -2.16. The fraction of sp³-hybridized carbons (Fsp3) is 0.250. The van der Waals surface area contributed by atoms with E-state index in [9.17, 15) is 4.79 Å². The quantitative estimate of drug-likeness (QED) is 0.395. The smallest absolute Gasteiger partial charge is 0.190 e. The van der Waals surface area contributed by atoms with Crippen molar-refractivity contribution in [3.63, 3.8) is 0 Å². The third-order valence-electron chi connectivity index (χ3n) is 4.12. The summed E-state index contributed by atoms with van der Waals surface area (Å²) in [5, 5.41) is 4.82. The van der Waals surface area contributed by atoms with Crippen LogP contribution in [0, 0.1) is 0 Å². The van der Waals surface area contributed by atoms with E-state index in [2.05, 4.69) is 15.3 Å². The van der Waals surface area contributed by atoms with Crippen LogP contribution >= 0.6 is 11.8 Å². The number of carbonyl (C=O) groups excluding carboxylic acids is 1. The highest BCUT2D eigenvalue weighted by Gasteiger charge is 2.16. The molecule has 0 saturated heterocycles. The minimum Gasteiger partial charge on any atom is -0.486 e. The first kappa shape index (κ1) is 17.6. The van der Waals surface area contributed by atoms with Crippen LogP contribution in [0.25, 0.3) is 10.9 Å². The number of thioether (sulfide) groups is 1. The fourth-order valence-electron chi connectivity index (χ4n) is 2.85. The minimum absolute atomic E-state index is 0.00117. The molecular weight excluding hydrogens is 362 g/mol. The summed E-state index contributed by atoms with van der Waals surface area (Å²) in [6, 6.07) is 13.1. The molecule has 0 amide bonds. The number of Topliss-reactive ketones (excluding diaryl/α,β-unsaturated/α-hetero) is 1. The molecule has 0 bridgehead atoms. The number of aromatic nitrogens is 2. The topological polar surface area (TPSA) is 73.3 Å². The normalized spacial score (nSPS) is 12.8. The summed E-state index contributed by atoms with van der Waals surface area (Å²) >= 11 is 1.33. The van der Waals surface area contributed by atoms with Crippen LogP contribution in [0.1, 0.15) is 17.3 Å². The molecule has 27 heavy (non-hydrogen) atoms. The lowest BCUT2D eigenvalue weighted by atomic mass is 10.1. The second-order valence-corrected chi connectivity index (χ2v) is 6.92. The highest BCUT2D eigenvalue weighted by atomic mass is 32.2. The van der Waals surface area contributed by atoms with E-state index >= 15 is 0 Å². The zero-order valence-corrected chi connectivity index (χ0v) is 15.7. The van der Waals surface area contributed by atoms with Gasteiger partial charge in [0, 0.05) is 17.5 Å². The average Bonchev–Trinajstić information content (AvgIpc) is 2.72. The maximum Gasteiger partial charge on any atom is 0.190 e. The Kier molecular flexibility index (Phi) is 5.11. The highest BCUT2D eigenvalue weighted by molar-refractivity contribution is 7.99. The van der Waals surface area contributed by atoms with Crippen LogP contribution in [-0.2, 0) is 0 Å². The lowest BCUT2D eigenvalue weighted by molar-refractivity contribution is 0.102. The van der Waals surface area contributed by atoms with Gasteiger partial charge in [-0.25, -0.2) is 9.97 Å². The van der Waals surface area contributed by atoms with E-state index in [0.717, 1.165) is 23.3 Å². The molecule has 7 heteroatoms. The highest BCUT2D eigenvalue weighted by Crippen LogP contribution is 2.31. The first-order valence-corrected chi connectivity index (χ1v) is 9.79. The van der Waals surface area contributed by atoms with Gasteiger partial charge in [-0.1, -0.05) is 23.9 Å². The van der Waals surface area contributed by atoms with Crippen molar-refractivity contribution in [2.75, 3.05) is 30.8 Å². The van der Waals surface area contributed by atoms with Crippen LogP contribution in [0.4, 0.5) is 5.82 Å². The number of rotatable bonds is 6. The van der Waals surface area contributed by atoms with Gasteiger partial charge in [-0.05, 0) is 37.3 Å². The van der Waals surface area contributed by atoms with Gasteiger partial charge < -0.3 is 14.8 Å². The second-order valence-electron chi connectivity index (χ2n) is 5.97. The summed E-state index contributed by atoms with van der Waals surface area (Å²) in [7, 11) is 0. The van der Waals surface area contributed by atoms with Crippen LogP contribution in [0.5, 0.6) is 11.5 Å². The number of anilines is 1. The summed E-state index contributed by atoms with van der Waals surface area (Å²) in [6.45, 7) is 3.82. The zero-order chi connectivity index (χ0) is 18.6. The van der Waals surface area contributed by atoms with Crippen molar-refractivity contribution in [3.05, 3.63) is 48.0 Å². The summed E-state index contributed by atoms with van der Waals surface area (Å²) in [4.78, 5) is 21.7. The number of nitrogens with one attached hydrogen (secondary N) is 1. The van der Waals surface area contributed by atoms with Crippen molar-refractivity contribution in [2.24, 2.45) is 0 Å². The van der Waals surface area contributed by atoms with Crippen LogP contribution in [0.3, 0.4) is 0 Å². The first-order valence-electron chi connectivity index (χ1n) is 8.81. The molecule has 0 radical (unpaired) electrons. The van der Waals surface area contributed by atoms with Gasteiger partial charge in [0.2, 0.25) is 0 Å². The predicted octanol–water partition coefficient (Wildman–Crippen LogP) is 3.81. The van der Waals surface area contributed by atoms with Crippen molar-refractivity contribution in [1.82, 2.24) is 9.97 Å². The van der Waals surface area contributed by atoms with Crippen LogP contribution in [0.15, 0.2) is 47.6 Å². The standard InChI is InChI=1S/C20H19N3O3S/c1-2-21-19-14-5-3-4-6-15(14)22-20(23-19)27-12-16(24)13-7-8-17-18(11-13)26-10-9-25-17/h3-8,11H,2,9-10,12H2,1H3,(H,21,22,23). The number of para-hydroxylation sites is 1. The van der Waals surface area contributed by atoms with Crippen LogP contribution in [0.2, 0.25) is 0 Å². The molecule has 0 atom stereocenters. The Hall–Kier alpha value is -2.80. The van der Waals surface area contributed by atoms with Gasteiger partial charge in [-0.2, -0.15) is 0 Å². The third-order valence-corrected chi connectivity index (χ3v) is 4.97.